The lowest BCUT2D eigenvalue weighted by Crippen LogP contribution is -2.28. The van der Waals surface area contributed by atoms with Crippen molar-refractivity contribution in [2.45, 2.75) is 6.54 Å². The van der Waals surface area contributed by atoms with Gasteiger partial charge in [0.25, 0.3) is 11.7 Å². The minimum absolute atomic E-state index is 0.0218. The molecule has 0 aliphatic rings. The average molecular weight is 208 g/mol. The molecule has 2 aromatic heterocycles. The number of carbonyl (C=O) groups is 1. The molecule has 9 nitrogen and oxygen atoms in total. The number of H-pyrrole nitrogens is 1. The van der Waals surface area contributed by atoms with E-state index in [4.69, 9.17) is 0 Å². The Bertz CT molecular complexity index is 406. The summed E-state index contributed by atoms with van der Waals surface area (Å²) >= 11 is 0. The van der Waals surface area contributed by atoms with Gasteiger partial charge in [-0.05, 0) is 5.21 Å². The summed E-state index contributed by atoms with van der Waals surface area (Å²) in [6, 6.07) is 0. The maximum Gasteiger partial charge on any atom is 0.292 e. The van der Waals surface area contributed by atoms with Gasteiger partial charge in [-0.15, -0.1) is 15.3 Å². The maximum atomic E-state index is 11.3. The van der Waals surface area contributed by atoms with Crippen molar-refractivity contribution in [1.82, 2.24) is 40.9 Å². The van der Waals surface area contributed by atoms with E-state index in [1.54, 1.807) is 17.1 Å². The number of hydrogen-bond acceptors (Lipinski definition) is 6. The predicted octanol–water partition coefficient (Wildman–Crippen LogP) is -1.78. The smallest absolute Gasteiger partial charge is 0.292 e. The SMILES string of the molecule is O=C(NCCn1ccnn1)c1nn[nH]n1. The lowest BCUT2D eigenvalue weighted by Gasteiger charge is -2.01. The lowest BCUT2D eigenvalue weighted by molar-refractivity contribution is 0.0941. The molecule has 0 aromatic carbocycles. The Kier molecular flexibility index (Phi) is 2.63. The number of carbonyl (C=O) groups excluding carboxylic acids is 1. The van der Waals surface area contributed by atoms with Crippen LogP contribution in [0.5, 0.6) is 0 Å². The molecule has 0 atom stereocenters. The molecule has 0 fully saturated rings. The monoisotopic (exact) mass is 208 g/mol. The van der Waals surface area contributed by atoms with Crippen LogP contribution in [0.1, 0.15) is 10.6 Å². The van der Waals surface area contributed by atoms with Gasteiger partial charge in [0.1, 0.15) is 0 Å². The first-order valence-electron chi connectivity index (χ1n) is 4.22. The fourth-order valence-electron chi connectivity index (χ4n) is 0.973. The Morgan fingerprint density at radius 3 is 3.20 bits per heavy atom. The first-order chi connectivity index (χ1) is 7.36. The minimum Gasteiger partial charge on any atom is -0.347 e. The van der Waals surface area contributed by atoms with Crippen molar-refractivity contribution in [3.05, 3.63) is 18.2 Å². The second-order valence-corrected chi connectivity index (χ2v) is 2.66. The quantitative estimate of drug-likeness (QED) is 0.614. The summed E-state index contributed by atoms with van der Waals surface area (Å²) in [5, 5.41) is 22.5. The Balaban J connectivity index is 1.77. The largest absolute Gasteiger partial charge is 0.347 e. The van der Waals surface area contributed by atoms with Gasteiger partial charge in [-0.25, -0.2) is 0 Å². The number of nitrogens with one attached hydrogen (secondary N) is 2. The number of rotatable bonds is 4. The second-order valence-electron chi connectivity index (χ2n) is 2.66. The average Bonchev–Trinajstić information content (AvgIpc) is 2.90. The van der Waals surface area contributed by atoms with Crippen molar-refractivity contribution in [3.63, 3.8) is 0 Å². The highest BCUT2D eigenvalue weighted by atomic mass is 16.2. The van der Waals surface area contributed by atoms with E-state index in [-0.39, 0.29) is 11.7 Å². The molecule has 78 valence electrons. The van der Waals surface area contributed by atoms with Crippen molar-refractivity contribution < 1.29 is 4.79 Å². The van der Waals surface area contributed by atoms with Gasteiger partial charge >= 0.3 is 0 Å². The van der Waals surface area contributed by atoms with Crippen LogP contribution < -0.4 is 5.32 Å². The standard InChI is InChI=1S/C6H8N8O/c15-6(5-9-11-12-10-5)7-1-3-14-4-2-8-13-14/h2,4H,1,3H2,(H,7,15)(H,9,10,11,12). The molecular formula is C6H8N8O. The van der Waals surface area contributed by atoms with Gasteiger partial charge in [0.05, 0.1) is 12.7 Å². The Hall–Kier alpha value is -2.32. The zero-order chi connectivity index (χ0) is 10.5. The zero-order valence-corrected chi connectivity index (χ0v) is 7.66. The number of amides is 1. The third-order valence-electron chi connectivity index (χ3n) is 1.65. The van der Waals surface area contributed by atoms with E-state index in [0.29, 0.717) is 13.1 Å². The lowest BCUT2D eigenvalue weighted by atomic mass is 10.5. The third-order valence-corrected chi connectivity index (χ3v) is 1.65. The summed E-state index contributed by atoms with van der Waals surface area (Å²) in [7, 11) is 0. The summed E-state index contributed by atoms with van der Waals surface area (Å²) in [6.45, 7) is 0.973. The van der Waals surface area contributed by atoms with Crippen molar-refractivity contribution in [2.75, 3.05) is 6.54 Å². The van der Waals surface area contributed by atoms with E-state index in [1.807, 2.05) is 0 Å². The molecule has 15 heavy (non-hydrogen) atoms. The predicted molar refractivity (Wildman–Crippen MR) is 46.5 cm³/mol. The van der Waals surface area contributed by atoms with Crippen LogP contribution in [0.2, 0.25) is 0 Å². The van der Waals surface area contributed by atoms with Crippen LogP contribution in [0, 0.1) is 0 Å². The molecule has 0 saturated heterocycles. The van der Waals surface area contributed by atoms with Crippen molar-refractivity contribution in [3.8, 4) is 0 Å². The topological polar surface area (TPSA) is 114 Å². The normalized spacial score (nSPS) is 10.1. The van der Waals surface area contributed by atoms with Crippen molar-refractivity contribution in [1.29, 1.82) is 0 Å². The highest BCUT2D eigenvalue weighted by Crippen LogP contribution is 1.83. The van der Waals surface area contributed by atoms with E-state index in [0.717, 1.165) is 0 Å². The van der Waals surface area contributed by atoms with E-state index < -0.39 is 0 Å². The highest BCUT2D eigenvalue weighted by molar-refractivity contribution is 5.89. The Morgan fingerprint density at radius 2 is 2.53 bits per heavy atom. The van der Waals surface area contributed by atoms with Crippen molar-refractivity contribution in [2.24, 2.45) is 0 Å². The molecule has 2 heterocycles. The summed E-state index contributed by atoms with van der Waals surface area (Å²) in [4.78, 5) is 11.3. The summed E-state index contributed by atoms with van der Waals surface area (Å²) in [5.41, 5.74) is 0. The molecule has 0 spiro atoms. The molecule has 2 rings (SSSR count). The van der Waals surface area contributed by atoms with Crippen LogP contribution >= 0.6 is 0 Å². The minimum atomic E-state index is -0.371. The molecule has 0 unspecified atom stereocenters. The van der Waals surface area contributed by atoms with Gasteiger partial charge < -0.3 is 5.32 Å². The molecular weight excluding hydrogens is 200 g/mol. The molecule has 0 aliphatic heterocycles. The summed E-state index contributed by atoms with van der Waals surface area (Å²) in [6.07, 6.45) is 3.28. The zero-order valence-electron chi connectivity index (χ0n) is 7.66. The second kappa shape index (κ2) is 4.26. The van der Waals surface area contributed by atoms with Crippen LogP contribution in [0.3, 0.4) is 0 Å². The summed E-state index contributed by atoms with van der Waals surface area (Å²) in [5.74, 6) is -0.350. The molecule has 0 saturated carbocycles. The molecule has 1 amide bonds. The molecule has 0 radical (unpaired) electrons. The van der Waals surface area contributed by atoms with Gasteiger partial charge in [-0.3, -0.25) is 9.48 Å². The van der Waals surface area contributed by atoms with Gasteiger partial charge in [-0.2, -0.15) is 5.21 Å². The molecule has 9 heteroatoms. The van der Waals surface area contributed by atoms with Crippen LogP contribution in [0.15, 0.2) is 12.4 Å². The fourth-order valence-corrected chi connectivity index (χ4v) is 0.973. The number of tetrazole rings is 1. The van der Waals surface area contributed by atoms with Gasteiger partial charge in [0.15, 0.2) is 0 Å². The van der Waals surface area contributed by atoms with Crippen molar-refractivity contribution >= 4 is 5.91 Å². The number of aromatic nitrogens is 7. The summed E-state index contributed by atoms with van der Waals surface area (Å²) < 4.78 is 1.61. The first-order valence-corrected chi connectivity index (χ1v) is 4.22. The number of hydrogen-bond donors (Lipinski definition) is 2. The molecule has 2 aromatic rings. The molecule has 0 bridgehead atoms. The van der Waals surface area contributed by atoms with Crippen LogP contribution in [0.4, 0.5) is 0 Å². The highest BCUT2D eigenvalue weighted by Gasteiger charge is 2.08. The third kappa shape index (κ3) is 2.33. The van der Waals surface area contributed by atoms with Crippen LogP contribution in [-0.2, 0) is 6.54 Å². The maximum absolute atomic E-state index is 11.3. The fraction of sp³-hybridized carbons (Fsp3) is 0.333. The van der Waals surface area contributed by atoms with Gasteiger partial charge in [-0.1, -0.05) is 5.21 Å². The van der Waals surface area contributed by atoms with E-state index in [1.165, 1.54) is 0 Å². The Labute approximate surface area is 83.9 Å². The number of aromatic amines is 1. The Morgan fingerprint density at radius 1 is 1.60 bits per heavy atom. The van der Waals surface area contributed by atoms with E-state index >= 15 is 0 Å². The first kappa shape index (κ1) is 9.24. The van der Waals surface area contributed by atoms with E-state index in [2.05, 4.69) is 36.3 Å². The van der Waals surface area contributed by atoms with Gasteiger partial charge in [0.2, 0.25) is 0 Å². The van der Waals surface area contributed by atoms with E-state index in [9.17, 15) is 4.79 Å². The number of nitrogens with zero attached hydrogens (tertiary/aromatic N) is 6. The van der Waals surface area contributed by atoms with Crippen LogP contribution in [0.25, 0.3) is 0 Å². The molecule has 2 N–H and O–H groups in total. The van der Waals surface area contributed by atoms with Crippen LogP contribution in [-0.4, -0.2) is 48.1 Å². The molecule has 0 aliphatic carbocycles. The van der Waals surface area contributed by atoms with Gasteiger partial charge in [0, 0.05) is 12.7 Å².